The molecule has 2 rings (SSSR count). The summed E-state index contributed by atoms with van der Waals surface area (Å²) < 4.78 is 39.8. The summed E-state index contributed by atoms with van der Waals surface area (Å²) >= 11 is 6.92. The van der Waals surface area contributed by atoms with Crippen molar-refractivity contribution in [2.75, 3.05) is 11.1 Å². The zero-order chi connectivity index (χ0) is 16.9. The molecule has 4 nitrogen and oxygen atoms in total. The molecular weight excluding hydrogens is 353 g/mol. The Hall–Kier alpha value is -1.93. The van der Waals surface area contributed by atoms with Crippen LogP contribution in [-0.2, 0) is 4.79 Å². The number of hydrogen-bond acceptors (Lipinski definition) is 4. The number of hydrogen-bond donors (Lipinski definition) is 1. The number of carbonyl (C=O) groups excluding carboxylic acids is 1. The zero-order valence-electron chi connectivity index (χ0n) is 11.4. The van der Waals surface area contributed by atoms with Crippen LogP contribution < -0.4 is 10.1 Å². The average molecular weight is 363 g/mol. The van der Waals surface area contributed by atoms with Crippen LogP contribution in [-0.4, -0.2) is 23.0 Å². The second-order valence-corrected chi connectivity index (χ2v) is 5.66. The molecule has 1 amide bonds. The lowest BCUT2D eigenvalue weighted by Gasteiger charge is -2.09. The number of pyridine rings is 1. The van der Waals surface area contributed by atoms with Gasteiger partial charge in [-0.2, -0.15) is 0 Å². The molecule has 0 fully saturated rings. The first-order valence-electron chi connectivity index (χ1n) is 6.22. The van der Waals surface area contributed by atoms with Gasteiger partial charge in [0.2, 0.25) is 5.91 Å². The number of nitrogens with zero attached hydrogens (tertiary/aromatic N) is 1. The first-order valence-corrected chi connectivity index (χ1v) is 7.58. The summed E-state index contributed by atoms with van der Waals surface area (Å²) in [6, 6.07) is 8.24. The summed E-state index contributed by atoms with van der Waals surface area (Å²) in [5, 5.41) is 3.70. The van der Waals surface area contributed by atoms with E-state index >= 15 is 0 Å². The van der Waals surface area contributed by atoms with Crippen molar-refractivity contribution in [2.45, 2.75) is 11.4 Å². The van der Waals surface area contributed by atoms with Gasteiger partial charge in [0.1, 0.15) is 5.75 Å². The number of halogens is 4. The lowest BCUT2D eigenvalue weighted by molar-refractivity contribution is -0.274. The van der Waals surface area contributed by atoms with E-state index in [0.29, 0.717) is 15.7 Å². The predicted molar refractivity (Wildman–Crippen MR) is 81.7 cm³/mol. The van der Waals surface area contributed by atoms with Crippen LogP contribution in [0.25, 0.3) is 0 Å². The van der Waals surface area contributed by atoms with E-state index in [1.165, 1.54) is 30.1 Å². The quantitative estimate of drug-likeness (QED) is 0.803. The molecule has 1 aromatic heterocycles. The van der Waals surface area contributed by atoms with Crippen molar-refractivity contribution in [1.82, 2.24) is 4.98 Å². The molecule has 0 aliphatic carbocycles. The standard InChI is InChI=1S/C14H10ClF3N2O2S/c15-9-1-6-13(19-7-9)23-8-12(21)20-10-2-4-11(5-3-10)22-14(16,17)18/h1-7H,8H2,(H,20,21). The Morgan fingerprint density at radius 2 is 1.91 bits per heavy atom. The Morgan fingerprint density at radius 3 is 2.48 bits per heavy atom. The summed E-state index contributed by atoms with van der Waals surface area (Å²) in [5.41, 5.74) is 0.370. The Morgan fingerprint density at radius 1 is 1.22 bits per heavy atom. The third-order valence-electron chi connectivity index (χ3n) is 2.42. The summed E-state index contributed by atoms with van der Waals surface area (Å²) in [5.74, 6) is -0.554. The summed E-state index contributed by atoms with van der Waals surface area (Å²) in [6.07, 6.45) is -3.27. The topological polar surface area (TPSA) is 51.2 Å². The van der Waals surface area contributed by atoms with Crippen LogP contribution in [0.15, 0.2) is 47.6 Å². The number of alkyl halides is 3. The monoisotopic (exact) mass is 362 g/mol. The molecule has 0 aliphatic heterocycles. The van der Waals surface area contributed by atoms with Crippen molar-refractivity contribution in [3.8, 4) is 5.75 Å². The maximum Gasteiger partial charge on any atom is 0.573 e. The second-order valence-electron chi connectivity index (χ2n) is 4.22. The fraction of sp³-hybridized carbons (Fsp3) is 0.143. The van der Waals surface area contributed by atoms with Crippen LogP contribution in [0.5, 0.6) is 5.75 Å². The van der Waals surface area contributed by atoms with Crippen LogP contribution in [0.4, 0.5) is 18.9 Å². The average Bonchev–Trinajstić information content (AvgIpc) is 2.47. The number of benzene rings is 1. The highest BCUT2D eigenvalue weighted by Crippen LogP contribution is 2.24. The van der Waals surface area contributed by atoms with Crippen molar-refractivity contribution in [1.29, 1.82) is 0 Å². The van der Waals surface area contributed by atoms with Gasteiger partial charge >= 0.3 is 6.36 Å². The number of anilines is 1. The third-order valence-corrected chi connectivity index (χ3v) is 3.59. The number of rotatable bonds is 5. The predicted octanol–water partition coefficient (Wildman–Crippen LogP) is 4.36. The minimum atomic E-state index is -4.74. The molecule has 0 atom stereocenters. The first-order chi connectivity index (χ1) is 10.8. The largest absolute Gasteiger partial charge is 0.573 e. The molecule has 0 bridgehead atoms. The minimum absolute atomic E-state index is 0.107. The number of amides is 1. The molecule has 2 aromatic rings. The van der Waals surface area contributed by atoms with E-state index in [1.54, 1.807) is 12.1 Å². The highest BCUT2D eigenvalue weighted by molar-refractivity contribution is 7.99. The third kappa shape index (κ3) is 6.37. The van der Waals surface area contributed by atoms with Crippen molar-refractivity contribution in [3.05, 3.63) is 47.6 Å². The summed E-state index contributed by atoms with van der Waals surface area (Å²) in [7, 11) is 0. The van der Waals surface area contributed by atoms with Crippen molar-refractivity contribution in [3.63, 3.8) is 0 Å². The van der Waals surface area contributed by atoms with Gasteiger partial charge in [0.15, 0.2) is 0 Å². The van der Waals surface area contributed by atoms with E-state index < -0.39 is 6.36 Å². The first kappa shape index (κ1) is 17.4. The molecule has 0 aliphatic rings. The van der Waals surface area contributed by atoms with Crippen LogP contribution in [0, 0.1) is 0 Å². The van der Waals surface area contributed by atoms with Gasteiger partial charge in [-0.05, 0) is 36.4 Å². The molecule has 0 saturated heterocycles. The van der Waals surface area contributed by atoms with Gasteiger partial charge in [-0.25, -0.2) is 4.98 Å². The van der Waals surface area contributed by atoms with Gasteiger partial charge in [0, 0.05) is 11.9 Å². The fourth-order valence-electron chi connectivity index (χ4n) is 1.52. The minimum Gasteiger partial charge on any atom is -0.406 e. The van der Waals surface area contributed by atoms with Gasteiger partial charge in [-0.3, -0.25) is 4.79 Å². The molecule has 0 spiro atoms. The normalized spacial score (nSPS) is 11.1. The van der Waals surface area contributed by atoms with Crippen LogP contribution in [0.1, 0.15) is 0 Å². The molecule has 9 heteroatoms. The van der Waals surface area contributed by atoms with Crippen molar-refractivity contribution < 1.29 is 22.7 Å². The van der Waals surface area contributed by atoms with E-state index in [4.69, 9.17) is 11.6 Å². The highest BCUT2D eigenvalue weighted by Gasteiger charge is 2.30. The SMILES string of the molecule is O=C(CSc1ccc(Cl)cn1)Nc1ccc(OC(F)(F)F)cc1. The molecule has 1 heterocycles. The molecular formula is C14H10ClF3N2O2S. The summed E-state index contributed by atoms with van der Waals surface area (Å²) in [4.78, 5) is 15.8. The second kappa shape index (κ2) is 7.56. The van der Waals surface area contributed by atoms with Crippen molar-refractivity contribution in [2.24, 2.45) is 0 Å². The Kier molecular flexibility index (Phi) is 5.73. The van der Waals surface area contributed by atoms with E-state index in [1.807, 2.05) is 0 Å². The Bertz CT molecular complexity index is 663. The number of thioether (sulfide) groups is 1. The van der Waals surface area contributed by atoms with Gasteiger partial charge in [-0.1, -0.05) is 23.4 Å². The van der Waals surface area contributed by atoms with E-state index in [9.17, 15) is 18.0 Å². The molecule has 1 aromatic carbocycles. The van der Waals surface area contributed by atoms with Crippen LogP contribution >= 0.6 is 23.4 Å². The van der Waals surface area contributed by atoms with Gasteiger partial charge in [-0.15, -0.1) is 13.2 Å². The molecule has 122 valence electrons. The highest BCUT2D eigenvalue weighted by atomic mass is 35.5. The molecule has 23 heavy (non-hydrogen) atoms. The number of aromatic nitrogens is 1. The summed E-state index contributed by atoms with van der Waals surface area (Å²) in [6.45, 7) is 0. The van der Waals surface area contributed by atoms with Crippen molar-refractivity contribution >= 4 is 35.0 Å². The molecule has 0 radical (unpaired) electrons. The van der Waals surface area contributed by atoms with E-state index in [2.05, 4.69) is 15.0 Å². The van der Waals surface area contributed by atoms with E-state index in [0.717, 1.165) is 12.1 Å². The number of carbonyl (C=O) groups is 1. The maximum absolute atomic E-state index is 12.0. The van der Waals surface area contributed by atoms with Gasteiger partial charge < -0.3 is 10.1 Å². The maximum atomic E-state index is 12.0. The molecule has 0 saturated carbocycles. The van der Waals surface area contributed by atoms with Crippen LogP contribution in [0.2, 0.25) is 5.02 Å². The molecule has 1 N–H and O–H groups in total. The lowest BCUT2D eigenvalue weighted by atomic mass is 10.3. The fourth-order valence-corrected chi connectivity index (χ4v) is 2.28. The van der Waals surface area contributed by atoms with Crippen LogP contribution in [0.3, 0.4) is 0 Å². The Balaban J connectivity index is 1.84. The van der Waals surface area contributed by atoms with E-state index in [-0.39, 0.29) is 17.4 Å². The number of nitrogens with one attached hydrogen (secondary N) is 1. The molecule has 0 unspecified atom stereocenters. The van der Waals surface area contributed by atoms with Gasteiger partial charge in [0.05, 0.1) is 15.8 Å². The van der Waals surface area contributed by atoms with Gasteiger partial charge in [0.25, 0.3) is 0 Å². The smallest absolute Gasteiger partial charge is 0.406 e. The zero-order valence-corrected chi connectivity index (χ0v) is 13.0. The number of ether oxygens (including phenoxy) is 1. The Labute approximate surface area is 139 Å². The lowest BCUT2D eigenvalue weighted by Crippen LogP contribution is -2.17.